The van der Waals surface area contributed by atoms with Gasteiger partial charge in [0.25, 0.3) is 0 Å². The molecule has 1 saturated heterocycles. The Morgan fingerprint density at radius 3 is 1.38 bits per heavy atom. The maximum Gasteiger partial charge on any atom is 0.305 e. The number of nitrogens with one attached hydrogen (secondary N) is 1. The van der Waals surface area contributed by atoms with Gasteiger partial charge in [-0.1, -0.05) is 169 Å². The average Bonchev–Trinajstić information content (AvgIpc) is 3.20. The van der Waals surface area contributed by atoms with Gasteiger partial charge in [-0.05, 0) is 102 Å². The standard InChI is InChI=1S/C50H98N2O4/c1-6-10-14-24-33-45(31-12-8-3)43-55-49(53)38-28-22-18-16-20-26-36-48(51-41-47-35-30-40-52(5)42-47)37-27-21-17-19-23-29-39-50(54)56-44-46(32-13-9-4)34-25-15-11-7-2/h45-48,51H,6-44H2,1-5H3. The second-order valence-electron chi connectivity index (χ2n) is 18.3. The fourth-order valence-electron chi connectivity index (χ4n) is 8.75. The molecule has 0 aliphatic carbocycles. The van der Waals surface area contributed by atoms with Gasteiger partial charge in [0, 0.05) is 25.4 Å². The lowest BCUT2D eigenvalue weighted by molar-refractivity contribution is -0.146. The Bertz CT molecular complexity index is 812. The second-order valence-corrected chi connectivity index (χ2v) is 18.3. The second kappa shape index (κ2) is 39.3. The summed E-state index contributed by atoms with van der Waals surface area (Å²) in [7, 11) is 2.27. The Hall–Kier alpha value is -1.14. The molecule has 1 rings (SSSR count). The van der Waals surface area contributed by atoms with Crippen LogP contribution in [0.1, 0.15) is 246 Å². The van der Waals surface area contributed by atoms with Gasteiger partial charge >= 0.3 is 11.9 Å². The number of hydrogen-bond acceptors (Lipinski definition) is 6. The first kappa shape index (κ1) is 52.9. The van der Waals surface area contributed by atoms with E-state index in [1.807, 2.05) is 0 Å². The number of hydrogen-bond donors (Lipinski definition) is 1. The lowest BCUT2D eigenvalue weighted by atomic mass is 9.96. The number of nitrogens with zero attached hydrogens (tertiary/aromatic N) is 1. The Balaban J connectivity index is 2.24. The number of unbranched alkanes of at least 4 members (excludes halogenated alkanes) is 18. The highest BCUT2D eigenvalue weighted by Gasteiger charge is 2.19. The molecule has 0 aromatic rings. The summed E-state index contributed by atoms with van der Waals surface area (Å²) < 4.78 is 11.5. The molecule has 6 heteroatoms. The summed E-state index contributed by atoms with van der Waals surface area (Å²) in [5.74, 6) is 1.93. The maximum atomic E-state index is 12.5. The molecule has 0 radical (unpaired) electrons. The van der Waals surface area contributed by atoms with Crippen LogP contribution in [0.4, 0.5) is 0 Å². The van der Waals surface area contributed by atoms with Gasteiger partial charge in [-0.25, -0.2) is 0 Å². The van der Waals surface area contributed by atoms with Crippen molar-refractivity contribution in [3.63, 3.8) is 0 Å². The van der Waals surface area contributed by atoms with Crippen molar-refractivity contribution in [3.8, 4) is 0 Å². The van der Waals surface area contributed by atoms with E-state index >= 15 is 0 Å². The van der Waals surface area contributed by atoms with Crippen LogP contribution in [0.15, 0.2) is 0 Å². The van der Waals surface area contributed by atoms with Crippen LogP contribution >= 0.6 is 0 Å². The zero-order valence-electron chi connectivity index (χ0n) is 38.5. The van der Waals surface area contributed by atoms with Gasteiger partial charge in [0.05, 0.1) is 13.2 Å². The van der Waals surface area contributed by atoms with E-state index in [-0.39, 0.29) is 11.9 Å². The predicted octanol–water partition coefficient (Wildman–Crippen LogP) is 14.2. The molecular formula is C50H98N2O4. The van der Waals surface area contributed by atoms with Crippen molar-refractivity contribution in [2.24, 2.45) is 17.8 Å². The van der Waals surface area contributed by atoms with Crippen LogP contribution in [0.5, 0.6) is 0 Å². The summed E-state index contributed by atoms with van der Waals surface area (Å²) >= 11 is 0. The topological polar surface area (TPSA) is 67.9 Å². The van der Waals surface area contributed by atoms with Crippen molar-refractivity contribution >= 4 is 11.9 Å². The number of carbonyl (C=O) groups is 2. The first-order chi connectivity index (χ1) is 27.4. The molecule has 0 aromatic carbocycles. The maximum absolute atomic E-state index is 12.5. The Kier molecular flexibility index (Phi) is 37.1. The molecule has 1 aliphatic heterocycles. The molecule has 0 saturated carbocycles. The van der Waals surface area contributed by atoms with E-state index < -0.39 is 0 Å². The molecule has 0 aromatic heterocycles. The molecule has 0 spiro atoms. The summed E-state index contributed by atoms with van der Waals surface area (Å²) in [6.07, 6.45) is 41.0. The van der Waals surface area contributed by atoms with Crippen LogP contribution in [0.25, 0.3) is 0 Å². The molecule has 332 valence electrons. The Labute approximate surface area is 349 Å². The molecule has 0 bridgehead atoms. The number of ether oxygens (including phenoxy) is 2. The fourth-order valence-corrected chi connectivity index (χ4v) is 8.75. The largest absolute Gasteiger partial charge is 0.465 e. The number of carbonyl (C=O) groups excluding carboxylic acids is 2. The van der Waals surface area contributed by atoms with Crippen molar-refractivity contribution < 1.29 is 19.1 Å². The van der Waals surface area contributed by atoms with Gasteiger partial charge in [-0.3, -0.25) is 9.59 Å². The van der Waals surface area contributed by atoms with Gasteiger partial charge in [-0.15, -0.1) is 0 Å². The van der Waals surface area contributed by atoms with Crippen LogP contribution in [0.3, 0.4) is 0 Å². The monoisotopic (exact) mass is 791 g/mol. The van der Waals surface area contributed by atoms with Gasteiger partial charge in [0.15, 0.2) is 0 Å². The lowest BCUT2D eigenvalue weighted by Crippen LogP contribution is -2.40. The predicted molar refractivity (Wildman–Crippen MR) is 241 cm³/mol. The van der Waals surface area contributed by atoms with Crippen molar-refractivity contribution in [3.05, 3.63) is 0 Å². The summed E-state index contributed by atoms with van der Waals surface area (Å²) in [4.78, 5) is 27.4. The molecule has 1 heterocycles. The van der Waals surface area contributed by atoms with Crippen LogP contribution in [0, 0.1) is 17.8 Å². The van der Waals surface area contributed by atoms with E-state index in [4.69, 9.17) is 9.47 Å². The Morgan fingerprint density at radius 2 is 0.929 bits per heavy atom. The minimum absolute atomic E-state index is 0.0210. The first-order valence-corrected chi connectivity index (χ1v) is 25.1. The van der Waals surface area contributed by atoms with Crippen molar-refractivity contribution in [2.45, 2.75) is 252 Å². The van der Waals surface area contributed by atoms with Crippen molar-refractivity contribution in [1.82, 2.24) is 10.2 Å². The zero-order chi connectivity index (χ0) is 40.7. The number of rotatable bonds is 41. The highest BCUT2D eigenvalue weighted by atomic mass is 16.5. The molecule has 0 amide bonds. The van der Waals surface area contributed by atoms with Gasteiger partial charge < -0.3 is 19.7 Å². The fraction of sp³-hybridized carbons (Fsp3) is 0.960. The van der Waals surface area contributed by atoms with E-state index in [1.165, 1.54) is 193 Å². The minimum atomic E-state index is 0.0210. The number of esters is 2. The lowest BCUT2D eigenvalue weighted by Gasteiger charge is -2.31. The van der Waals surface area contributed by atoms with Crippen molar-refractivity contribution in [1.29, 1.82) is 0 Å². The molecule has 3 unspecified atom stereocenters. The smallest absolute Gasteiger partial charge is 0.305 e. The highest BCUT2D eigenvalue weighted by molar-refractivity contribution is 5.69. The average molecular weight is 791 g/mol. The van der Waals surface area contributed by atoms with Gasteiger partial charge in [0.1, 0.15) is 0 Å². The first-order valence-electron chi connectivity index (χ1n) is 25.1. The van der Waals surface area contributed by atoms with Crippen LogP contribution in [0.2, 0.25) is 0 Å². The number of piperidine rings is 1. The quantitative estimate of drug-likeness (QED) is 0.0491. The summed E-state index contributed by atoms with van der Waals surface area (Å²) in [5.41, 5.74) is 0. The molecule has 1 N–H and O–H groups in total. The normalized spacial score (nSPS) is 16.5. The van der Waals surface area contributed by atoms with Crippen molar-refractivity contribution in [2.75, 3.05) is 39.9 Å². The van der Waals surface area contributed by atoms with E-state index in [0.29, 0.717) is 43.9 Å². The van der Waals surface area contributed by atoms with E-state index in [0.717, 1.165) is 38.1 Å². The van der Waals surface area contributed by atoms with Crippen LogP contribution in [-0.4, -0.2) is 62.8 Å². The van der Waals surface area contributed by atoms with Crippen LogP contribution < -0.4 is 5.32 Å². The van der Waals surface area contributed by atoms with Crippen LogP contribution in [-0.2, 0) is 19.1 Å². The van der Waals surface area contributed by atoms with E-state index in [9.17, 15) is 9.59 Å². The van der Waals surface area contributed by atoms with E-state index in [1.54, 1.807) is 0 Å². The molecule has 1 aliphatic rings. The number of likely N-dealkylation sites (tertiary alicyclic amines) is 1. The summed E-state index contributed by atoms with van der Waals surface area (Å²) in [6, 6.07) is 0.632. The third-order valence-electron chi connectivity index (χ3n) is 12.6. The van der Waals surface area contributed by atoms with Gasteiger partial charge in [0.2, 0.25) is 0 Å². The molecule has 56 heavy (non-hydrogen) atoms. The third kappa shape index (κ3) is 32.8. The molecule has 1 fully saturated rings. The summed E-state index contributed by atoms with van der Waals surface area (Å²) in [5, 5.41) is 4.02. The highest BCUT2D eigenvalue weighted by Crippen LogP contribution is 2.21. The Morgan fingerprint density at radius 1 is 0.536 bits per heavy atom. The molecule has 6 nitrogen and oxygen atoms in total. The minimum Gasteiger partial charge on any atom is -0.465 e. The van der Waals surface area contributed by atoms with E-state index in [2.05, 4.69) is 45.0 Å². The zero-order valence-corrected chi connectivity index (χ0v) is 38.5. The summed E-state index contributed by atoms with van der Waals surface area (Å²) in [6.45, 7) is 13.9. The van der Waals surface area contributed by atoms with Gasteiger partial charge in [-0.2, -0.15) is 0 Å². The molecule has 3 atom stereocenters. The molecular weight excluding hydrogens is 693 g/mol. The SMILES string of the molecule is CCCCCCC(CCCC)COC(=O)CCCCCCCCC(CCCCCCCCC(=O)OCC(CCCC)CCCCCC)NCC1CCCN(C)C1. The third-order valence-corrected chi connectivity index (χ3v) is 12.6.